The molecule has 0 aliphatic rings. The SMILES string of the molecule is CCOC(=O)c1c(C)[nH]c(C(=O)OC(C)C(=O)Nc2cc(S(=O)(=O)N(C)C)ccc2C)c1C. The van der Waals surface area contributed by atoms with Crippen LogP contribution in [0.1, 0.15) is 51.5 Å². The normalized spacial score (nSPS) is 12.4. The number of anilines is 1. The molecule has 0 saturated heterocycles. The fraction of sp³-hybridized carbons (Fsp3) is 0.409. The molecule has 1 heterocycles. The van der Waals surface area contributed by atoms with Crippen molar-refractivity contribution in [1.82, 2.24) is 9.29 Å². The third kappa shape index (κ3) is 5.60. The Morgan fingerprint density at radius 3 is 2.33 bits per heavy atom. The van der Waals surface area contributed by atoms with E-state index in [1.165, 1.54) is 33.2 Å². The Kier molecular flexibility index (Phi) is 8.04. The molecule has 2 aromatic rings. The van der Waals surface area contributed by atoms with Gasteiger partial charge in [-0.05, 0) is 57.9 Å². The lowest BCUT2D eigenvalue weighted by Crippen LogP contribution is -2.30. The number of nitrogens with one attached hydrogen (secondary N) is 2. The number of hydrogen-bond donors (Lipinski definition) is 2. The summed E-state index contributed by atoms with van der Waals surface area (Å²) in [5, 5.41) is 2.60. The van der Waals surface area contributed by atoms with Crippen molar-refractivity contribution >= 4 is 33.6 Å². The first-order chi connectivity index (χ1) is 15.3. The van der Waals surface area contributed by atoms with E-state index in [4.69, 9.17) is 9.47 Å². The molecule has 0 fully saturated rings. The van der Waals surface area contributed by atoms with E-state index >= 15 is 0 Å². The van der Waals surface area contributed by atoms with Crippen LogP contribution in [-0.4, -0.2) is 62.4 Å². The average molecular weight is 480 g/mol. The Morgan fingerprint density at radius 2 is 1.76 bits per heavy atom. The summed E-state index contributed by atoms with van der Waals surface area (Å²) in [5.74, 6) is -2.01. The maximum atomic E-state index is 12.6. The Labute approximate surface area is 193 Å². The molecule has 1 amide bonds. The van der Waals surface area contributed by atoms with Crippen molar-refractivity contribution in [2.75, 3.05) is 26.0 Å². The van der Waals surface area contributed by atoms with E-state index in [1.54, 1.807) is 33.8 Å². The van der Waals surface area contributed by atoms with E-state index in [0.717, 1.165) is 4.31 Å². The molecule has 0 spiro atoms. The molecule has 0 radical (unpaired) electrons. The number of amides is 1. The summed E-state index contributed by atoms with van der Waals surface area (Å²) in [4.78, 5) is 40.2. The van der Waals surface area contributed by atoms with Crippen LogP contribution in [0.25, 0.3) is 0 Å². The van der Waals surface area contributed by atoms with Gasteiger partial charge in [0.15, 0.2) is 6.10 Å². The maximum absolute atomic E-state index is 12.6. The number of hydrogen-bond acceptors (Lipinski definition) is 7. The fourth-order valence-electron chi connectivity index (χ4n) is 3.08. The monoisotopic (exact) mass is 479 g/mol. The standard InChI is InChI=1S/C22H29N3O7S/c1-8-31-21(27)18-13(3)19(23-14(18)4)22(28)32-15(5)20(26)24-17-11-16(10-9-12(17)2)33(29,30)25(6)7/h9-11,15,23H,8H2,1-7H3,(H,24,26). The fourth-order valence-corrected chi connectivity index (χ4v) is 4.01. The third-order valence-electron chi connectivity index (χ3n) is 5.02. The van der Waals surface area contributed by atoms with Crippen LogP contribution in [0.4, 0.5) is 5.69 Å². The molecule has 11 heteroatoms. The van der Waals surface area contributed by atoms with Crippen LogP contribution >= 0.6 is 0 Å². The van der Waals surface area contributed by atoms with Gasteiger partial charge in [0, 0.05) is 25.5 Å². The summed E-state index contributed by atoms with van der Waals surface area (Å²) in [5.41, 5.74) is 2.02. The molecule has 2 rings (SSSR count). The number of aryl methyl sites for hydroxylation is 2. The smallest absolute Gasteiger partial charge is 0.355 e. The van der Waals surface area contributed by atoms with Gasteiger partial charge in [0.1, 0.15) is 5.69 Å². The number of aromatic nitrogens is 1. The summed E-state index contributed by atoms with van der Waals surface area (Å²) >= 11 is 0. The van der Waals surface area contributed by atoms with E-state index in [2.05, 4.69) is 10.3 Å². The quantitative estimate of drug-likeness (QED) is 0.556. The highest BCUT2D eigenvalue weighted by atomic mass is 32.2. The van der Waals surface area contributed by atoms with Gasteiger partial charge in [-0.3, -0.25) is 4.79 Å². The zero-order valence-electron chi connectivity index (χ0n) is 19.7. The minimum Gasteiger partial charge on any atom is -0.462 e. The molecule has 33 heavy (non-hydrogen) atoms. The van der Waals surface area contributed by atoms with Crippen LogP contribution in [0.5, 0.6) is 0 Å². The summed E-state index contributed by atoms with van der Waals surface area (Å²) < 4.78 is 36.1. The van der Waals surface area contributed by atoms with Crippen molar-refractivity contribution in [2.24, 2.45) is 0 Å². The summed E-state index contributed by atoms with van der Waals surface area (Å²) in [6.45, 7) is 8.18. The molecule has 10 nitrogen and oxygen atoms in total. The molecule has 0 aliphatic carbocycles. The third-order valence-corrected chi connectivity index (χ3v) is 6.83. The second-order valence-corrected chi connectivity index (χ2v) is 9.80. The highest BCUT2D eigenvalue weighted by Gasteiger charge is 2.27. The molecule has 0 aliphatic heterocycles. The second-order valence-electron chi connectivity index (χ2n) is 7.65. The predicted molar refractivity (Wildman–Crippen MR) is 122 cm³/mol. The first-order valence-electron chi connectivity index (χ1n) is 10.2. The number of H-pyrrole nitrogens is 1. The van der Waals surface area contributed by atoms with Gasteiger partial charge in [0.05, 0.1) is 17.1 Å². The summed E-state index contributed by atoms with van der Waals surface area (Å²) in [6.07, 6.45) is -1.19. The Hall–Kier alpha value is -3.18. The van der Waals surface area contributed by atoms with Gasteiger partial charge >= 0.3 is 11.9 Å². The molecular weight excluding hydrogens is 450 g/mol. The second kappa shape index (κ2) is 10.2. The molecule has 1 atom stereocenters. The minimum absolute atomic E-state index is 0.0158. The number of sulfonamides is 1. The Bertz CT molecular complexity index is 1180. The topological polar surface area (TPSA) is 135 Å². The number of carbonyl (C=O) groups is 3. The lowest BCUT2D eigenvalue weighted by Gasteiger charge is -2.17. The van der Waals surface area contributed by atoms with E-state index in [1.807, 2.05) is 0 Å². The minimum atomic E-state index is -3.69. The number of benzene rings is 1. The van der Waals surface area contributed by atoms with Gasteiger partial charge in [-0.2, -0.15) is 0 Å². The highest BCUT2D eigenvalue weighted by Crippen LogP contribution is 2.23. The summed E-state index contributed by atoms with van der Waals surface area (Å²) in [6, 6.07) is 4.37. The first-order valence-corrected chi connectivity index (χ1v) is 11.7. The average Bonchev–Trinajstić information content (AvgIpc) is 3.03. The Morgan fingerprint density at radius 1 is 1.12 bits per heavy atom. The van der Waals surface area contributed by atoms with Crippen LogP contribution in [0.2, 0.25) is 0 Å². The number of nitrogens with zero attached hydrogens (tertiary/aromatic N) is 1. The van der Waals surface area contributed by atoms with Gasteiger partial charge in [0.25, 0.3) is 5.91 Å². The van der Waals surface area contributed by atoms with Gasteiger partial charge in [-0.1, -0.05) is 6.07 Å². The van der Waals surface area contributed by atoms with Crippen LogP contribution in [-0.2, 0) is 24.3 Å². The molecule has 2 N–H and O–H groups in total. The van der Waals surface area contributed by atoms with Crippen molar-refractivity contribution in [3.8, 4) is 0 Å². The number of ether oxygens (including phenoxy) is 2. The van der Waals surface area contributed by atoms with Crippen molar-refractivity contribution < 1.29 is 32.3 Å². The lowest BCUT2D eigenvalue weighted by molar-refractivity contribution is -0.123. The van der Waals surface area contributed by atoms with E-state index in [-0.39, 0.29) is 28.4 Å². The maximum Gasteiger partial charge on any atom is 0.355 e. The predicted octanol–water partition coefficient (Wildman–Crippen LogP) is 2.55. The molecule has 0 saturated carbocycles. The van der Waals surface area contributed by atoms with E-state index < -0.39 is 34.0 Å². The van der Waals surface area contributed by atoms with Crippen molar-refractivity contribution in [1.29, 1.82) is 0 Å². The van der Waals surface area contributed by atoms with Crippen molar-refractivity contribution in [3.63, 3.8) is 0 Å². The highest BCUT2D eigenvalue weighted by molar-refractivity contribution is 7.89. The van der Waals surface area contributed by atoms with Gasteiger partial charge < -0.3 is 19.8 Å². The molecular formula is C22H29N3O7S. The van der Waals surface area contributed by atoms with Crippen molar-refractivity contribution in [2.45, 2.75) is 45.6 Å². The Balaban J connectivity index is 2.19. The van der Waals surface area contributed by atoms with Gasteiger partial charge in [-0.25, -0.2) is 22.3 Å². The molecule has 1 aromatic carbocycles. The lowest BCUT2D eigenvalue weighted by atomic mass is 10.1. The molecule has 1 aromatic heterocycles. The van der Waals surface area contributed by atoms with Crippen LogP contribution < -0.4 is 5.32 Å². The van der Waals surface area contributed by atoms with Crippen LogP contribution in [0.3, 0.4) is 0 Å². The van der Waals surface area contributed by atoms with Gasteiger partial charge in [0.2, 0.25) is 10.0 Å². The molecule has 180 valence electrons. The van der Waals surface area contributed by atoms with Crippen LogP contribution in [0, 0.1) is 20.8 Å². The number of aromatic amines is 1. The molecule has 1 unspecified atom stereocenters. The largest absolute Gasteiger partial charge is 0.462 e. The zero-order valence-corrected chi connectivity index (χ0v) is 20.5. The van der Waals surface area contributed by atoms with Crippen molar-refractivity contribution in [3.05, 3.63) is 46.3 Å². The van der Waals surface area contributed by atoms with Gasteiger partial charge in [-0.15, -0.1) is 0 Å². The van der Waals surface area contributed by atoms with E-state index in [9.17, 15) is 22.8 Å². The van der Waals surface area contributed by atoms with E-state index in [0.29, 0.717) is 16.8 Å². The summed E-state index contributed by atoms with van der Waals surface area (Å²) in [7, 11) is -0.872. The number of rotatable bonds is 8. The number of carbonyl (C=O) groups excluding carboxylic acids is 3. The van der Waals surface area contributed by atoms with Crippen LogP contribution in [0.15, 0.2) is 23.1 Å². The molecule has 0 bridgehead atoms. The zero-order chi connectivity index (χ0) is 25.1. The first kappa shape index (κ1) is 26.1. The number of esters is 2.